The van der Waals surface area contributed by atoms with E-state index in [0.717, 1.165) is 51.6 Å². The van der Waals surface area contributed by atoms with Gasteiger partial charge in [0.05, 0.1) is 18.8 Å². The van der Waals surface area contributed by atoms with Crippen LogP contribution in [0.5, 0.6) is 0 Å². The average molecular weight is 346 g/mol. The molecule has 0 unspecified atom stereocenters. The highest BCUT2D eigenvalue weighted by atomic mass is 16.5. The van der Waals surface area contributed by atoms with Crippen LogP contribution in [0, 0.1) is 0 Å². The van der Waals surface area contributed by atoms with Crippen LogP contribution in [0.15, 0.2) is 18.3 Å². The maximum absolute atomic E-state index is 12.8. The third kappa shape index (κ3) is 4.12. The van der Waals surface area contributed by atoms with Gasteiger partial charge in [0.25, 0.3) is 5.91 Å². The molecule has 6 nitrogen and oxygen atoms in total. The number of carbonyl (C=O) groups is 1. The van der Waals surface area contributed by atoms with E-state index in [0.29, 0.717) is 12.1 Å². The molecule has 2 aliphatic rings. The zero-order chi connectivity index (χ0) is 17.7. The van der Waals surface area contributed by atoms with Gasteiger partial charge in [-0.2, -0.15) is 0 Å². The maximum Gasteiger partial charge on any atom is 0.255 e. The predicted molar refractivity (Wildman–Crippen MR) is 99.1 cm³/mol. The van der Waals surface area contributed by atoms with Crippen LogP contribution in [0.1, 0.15) is 43.5 Å². The third-order valence-corrected chi connectivity index (χ3v) is 5.60. The van der Waals surface area contributed by atoms with Crippen molar-refractivity contribution in [2.24, 2.45) is 0 Å². The molecule has 138 valence electrons. The van der Waals surface area contributed by atoms with Gasteiger partial charge in [-0.05, 0) is 38.3 Å². The second-order valence-corrected chi connectivity index (χ2v) is 7.20. The quantitative estimate of drug-likeness (QED) is 0.853. The van der Waals surface area contributed by atoms with Crippen molar-refractivity contribution < 1.29 is 9.53 Å². The molecule has 2 aliphatic heterocycles. The number of aromatic nitrogens is 1. The molecule has 2 saturated heterocycles. The van der Waals surface area contributed by atoms with Gasteiger partial charge in [-0.15, -0.1) is 0 Å². The van der Waals surface area contributed by atoms with Crippen molar-refractivity contribution in [3.63, 3.8) is 0 Å². The molecule has 6 heteroatoms. The number of anilines is 1. The standard InChI is InChI=1S/C19H30N4O2/c1-3-19(2,23-11-13-25-14-12-23)15-21-18(24)16-7-6-8-20-17(16)22-9-4-5-10-22/h6-8H,3-5,9-15H2,1-2H3,(H,21,24)/t19-/m0/s1. The summed E-state index contributed by atoms with van der Waals surface area (Å²) >= 11 is 0. The summed E-state index contributed by atoms with van der Waals surface area (Å²) in [6.45, 7) is 10.4. The van der Waals surface area contributed by atoms with Crippen LogP contribution in [-0.4, -0.2) is 67.3 Å². The van der Waals surface area contributed by atoms with Gasteiger partial charge >= 0.3 is 0 Å². The van der Waals surface area contributed by atoms with Crippen molar-refractivity contribution in [1.29, 1.82) is 0 Å². The summed E-state index contributed by atoms with van der Waals surface area (Å²) in [7, 11) is 0. The molecule has 0 aliphatic carbocycles. The number of amides is 1. The van der Waals surface area contributed by atoms with Crippen LogP contribution < -0.4 is 10.2 Å². The smallest absolute Gasteiger partial charge is 0.255 e. The first-order valence-corrected chi connectivity index (χ1v) is 9.45. The first kappa shape index (κ1) is 18.1. The summed E-state index contributed by atoms with van der Waals surface area (Å²) in [5.41, 5.74) is 0.639. The molecule has 1 aromatic heterocycles. The van der Waals surface area contributed by atoms with E-state index in [1.54, 1.807) is 6.20 Å². The fraction of sp³-hybridized carbons (Fsp3) is 0.684. The monoisotopic (exact) mass is 346 g/mol. The summed E-state index contributed by atoms with van der Waals surface area (Å²) in [6, 6.07) is 3.73. The van der Waals surface area contributed by atoms with Crippen LogP contribution in [0.2, 0.25) is 0 Å². The van der Waals surface area contributed by atoms with Crippen molar-refractivity contribution in [2.45, 2.75) is 38.6 Å². The van der Waals surface area contributed by atoms with Crippen LogP contribution >= 0.6 is 0 Å². The van der Waals surface area contributed by atoms with Gasteiger partial charge in [0, 0.05) is 44.5 Å². The number of hydrogen-bond donors (Lipinski definition) is 1. The van der Waals surface area contributed by atoms with E-state index < -0.39 is 0 Å². The normalized spacial score (nSPS) is 21.1. The van der Waals surface area contributed by atoms with E-state index in [1.165, 1.54) is 12.8 Å². The predicted octanol–water partition coefficient (Wildman–Crippen LogP) is 1.91. The fourth-order valence-electron chi connectivity index (χ4n) is 3.68. The highest BCUT2D eigenvalue weighted by Crippen LogP contribution is 2.23. The Balaban J connectivity index is 1.67. The molecular weight excluding hydrogens is 316 g/mol. The Labute approximate surface area is 150 Å². The molecule has 1 N–H and O–H groups in total. The number of hydrogen-bond acceptors (Lipinski definition) is 5. The molecule has 1 amide bonds. The Morgan fingerprint density at radius 2 is 2.00 bits per heavy atom. The van der Waals surface area contributed by atoms with E-state index in [9.17, 15) is 4.79 Å². The number of rotatable bonds is 6. The average Bonchev–Trinajstić information content (AvgIpc) is 3.21. The first-order valence-electron chi connectivity index (χ1n) is 9.45. The molecule has 2 fully saturated rings. The SMILES string of the molecule is CC[C@@](C)(CNC(=O)c1cccnc1N1CCCC1)N1CCOCC1. The second kappa shape index (κ2) is 8.15. The van der Waals surface area contributed by atoms with Gasteiger partial charge in [0.1, 0.15) is 5.82 Å². The van der Waals surface area contributed by atoms with Crippen LogP contribution in [-0.2, 0) is 4.74 Å². The van der Waals surface area contributed by atoms with E-state index in [4.69, 9.17) is 4.74 Å². The van der Waals surface area contributed by atoms with Crippen LogP contribution in [0.3, 0.4) is 0 Å². The molecule has 25 heavy (non-hydrogen) atoms. The number of nitrogens with one attached hydrogen (secondary N) is 1. The van der Waals surface area contributed by atoms with Gasteiger partial charge in [-0.25, -0.2) is 4.98 Å². The molecule has 3 heterocycles. The molecule has 0 aromatic carbocycles. The van der Waals surface area contributed by atoms with E-state index >= 15 is 0 Å². The van der Waals surface area contributed by atoms with E-state index in [-0.39, 0.29) is 11.4 Å². The Bertz CT molecular complexity index is 583. The minimum absolute atomic E-state index is 0.0251. The van der Waals surface area contributed by atoms with Gasteiger partial charge in [0.15, 0.2) is 0 Å². The van der Waals surface area contributed by atoms with Crippen molar-refractivity contribution >= 4 is 11.7 Å². The molecule has 1 atom stereocenters. The first-order chi connectivity index (χ1) is 12.1. The molecule has 0 radical (unpaired) electrons. The number of morpholine rings is 1. The van der Waals surface area contributed by atoms with Crippen molar-refractivity contribution in [3.05, 3.63) is 23.9 Å². The molecule has 3 rings (SSSR count). The zero-order valence-corrected chi connectivity index (χ0v) is 15.5. The minimum Gasteiger partial charge on any atom is -0.379 e. The van der Waals surface area contributed by atoms with Crippen molar-refractivity contribution in [1.82, 2.24) is 15.2 Å². The summed E-state index contributed by atoms with van der Waals surface area (Å²) in [5.74, 6) is 0.796. The molecule has 0 bridgehead atoms. The third-order valence-electron chi connectivity index (χ3n) is 5.60. The number of pyridine rings is 1. The van der Waals surface area contributed by atoms with Gasteiger partial charge in [0.2, 0.25) is 0 Å². The lowest BCUT2D eigenvalue weighted by Crippen LogP contribution is -2.56. The van der Waals surface area contributed by atoms with Crippen molar-refractivity contribution in [2.75, 3.05) is 50.8 Å². The van der Waals surface area contributed by atoms with E-state index in [2.05, 4.69) is 33.9 Å². The Hall–Kier alpha value is -1.66. The van der Waals surface area contributed by atoms with Crippen LogP contribution in [0.25, 0.3) is 0 Å². The summed E-state index contributed by atoms with van der Waals surface area (Å²) in [6.07, 6.45) is 5.10. The molecule has 0 spiro atoms. The molecule has 0 saturated carbocycles. The minimum atomic E-state index is -0.0462. The maximum atomic E-state index is 12.8. The summed E-state index contributed by atoms with van der Waals surface area (Å²) in [4.78, 5) is 22.0. The Morgan fingerprint density at radius 1 is 1.28 bits per heavy atom. The Morgan fingerprint density at radius 3 is 2.68 bits per heavy atom. The molecular formula is C19H30N4O2. The summed E-state index contributed by atoms with van der Waals surface area (Å²) in [5, 5.41) is 3.16. The zero-order valence-electron chi connectivity index (χ0n) is 15.5. The van der Waals surface area contributed by atoms with Crippen LogP contribution in [0.4, 0.5) is 5.82 Å². The largest absolute Gasteiger partial charge is 0.379 e. The van der Waals surface area contributed by atoms with Gasteiger partial charge in [-0.1, -0.05) is 6.92 Å². The topological polar surface area (TPSA) is 57.7 Å². The lowest BCUT2D eigenvalue weighted by Gasteiger charge is -2.43. The lowest BCUT2D eigenvalue weighted by molar-refractivity contribution is -0.0169. The van der Waals surface area contributed by atoms with Crippen molar-refractivity contribution in [3.8, 4) is 0 Å². The fourth-order valence-corrected chi connectivity index (χ4v) is 3.68. The number of nitrogens with zero attached hydrogens (tertiary/aromatic N) is 3. The van der Waals surface area contributed by atoms with Gasteiger partial charge in [-0.3, -0.25) is 9.69 Å². The van der Waals surface area contributed by atoms with Gasteiger partial charge < -0.3 is 15.0 Å². The second-order valence-electron chi connectivity index (χ2n) is 7.20. The highest BCUT2D eigenvalue weighted by molar-refractivity contribution is 5.99. The number of carbonyl (C=O) groups excluding carboxylic acids is 1. The molecule has 1 aromatic rings. The summed E-state index contributed by atoms with van der Waals surface area (Å²) < 4.78 is 5.46. The van der Waals surface area contributed by atoms with E-state index in [1.807, 2.05) is 12.1 Å². The Kier molecular flexibility index (Phi) is 5.91. The highest BCUT2D eigenvalue weighted by Gasteiger charge is 2.32. The lowest BCUT2D eigenvalue weighted by atomic mass is 9.95. The number of ether oxygens (including phenoxy) is 1.